The van der Waals surface area contributed by atoms with Crippen LogP contribution in [0.25, 0.3) is 0 Å². The third kappa shape index (κ3) is 2.81. The number of halogens is 1. The predicted octanol–water partition coefficient (Wildman–Crippen LogP) is 2.39. The molecule has 0 radical (unpaired) electrons. The van der Waals surface area contributed by atoms with Gasteiger partial charge in [-0.1, -0.05) is 23.7 Å². The second-order valence-electron chi connectivity index (χ2n) is 4.75. The van der Waals surface area contributed by atoms with Crippen LogP contribution < -0.4 is 10.6 Å². The Morgan fingerprint density at radius 2 is 2.20 bits per heavy atom. The Hall–Kier alpha value is -1.91. The highest BCUT2D eigenvalue weighted by Gasteiger charge is 2.23. The van der Waals surface area contributed by atoms with Gasteiger partial charge in [-0.15, -0.1) is 0 Å². The van der Waals surface area contributed by atoms with Crippen LogP contribution in [0.4, 0.5) is 5.69 Å². The van der Waals surface area contributed by atoms with Crippen molar-refractivity contribution in [2.24, 2.45) is 0 Å². The predicted molar refractivity (Wildman–Crippen MR) is 78.7 cm³/mol. The normalized spacial score (nSPS) is 18.1. The number of benzene rings is 1. The summed E-state index contributed by atoms with van der Waals surface area (Å²) in [5, 5.41) is 6.80. The third-order valence-electron chi connectivity index (χ3n) is 3.32. The molecule has 1 atom stereocenters. The fourth-order valence-corrected chi connectivity index (χ4v) is 2.43. The Bertz CT molecular complexity index is 630. The van der Waals surface area contributed by atoms with Gasteiger partial charge < -0.3 is 10.6 Å². The lowest BCUT2D eigenvalue weighted by Gasteiger charge is -2.13. The Labute approximate surface area is 122 Å². The molecule has 0 aliphatic carbocycles. The zero-order valence-electron chi connectivity index (χ0n) is 10.8. The first-order chi connectivity index (χ1) is 9.72. The van der Waals surface area contributed by atoms with E-state index in [1.54, 1.807) is 12.3 Å². The Balaban J connectivity index is 1.79. The summed E-state index contributed by atoms with van der Waals surface area (Å²) in [5.41, 5.74) is 2.70. The molecule has 1 unspecified atom stereocenters. The molecule has 3 rings (SSSR count). The number of carbonyl (C=O) groups is 1. The molecule has 102 valence electrons. The van der Waals surface area contributed by atoms with Crippen molar-refractivity contribution in [3.63, 3.8) is 0 Å². The van der Waals surface area contributed by atoms with E-state index < -0.39 is 0 Å². The average molecular weight is 288 g/mol. The first-order valence-electron chi connectivity index (χ1n) is 6.45. The smallest absolute Gasteiger partial charge is 0.241 e. The zero-order chi connectivity index (χ0) is 13.9. The van der Waals surface area contributed by atoms with Gasteiger partial charge in [-0.05, 0) is 29.8 Å². The summed E-state index contributed by atoms with van der Waals surface area (Å²) in [6.45, 7) is 0.628. The monoisotopic (exact) mass is 287 g/mol. The molecule has 0 bridgehead atoms. The van der Waals surface area contributed by atoms with Crippen LogP contribution in [0.15, 0.2) is 42.6 Å². The van der Waals surface area contributed by atoms with Crippen LogP contribution in [-0.2, 0) is 17.8 Å². The molecule has 1 amide bonds. The number of hydrogen-bond acceptors (Lipinski definition) is 3. The minimum atomic E-state index is -0.295. The summed E-state index contributed by atoms with van der Waals surface area (Å²) in [7, 11) is 0. The molecule has 0 fully saturated rings. The van der Waals surface area contributed by atoms with Crippen molar-refractivity contribution >= 4 is 23.2 Å². The third-order valence-corrected chi connectivity index (χ3v) is 3.56. The molecular weight excluding hydrogens is 274 g/mol. The molecule has 1 aliphatic rings. The quantitative estimate of drug-likeness (QED) is 0.892. The fourth-order valence-electron chi connectivity index (χ4n) is 2.26. The highest BCUT2D eigenvalue weighted by molar-refractivity contribution is 6.31. The number of hydrogen-bond donors (Lipinski definition) is 2. The van der Waals surface area contributed by atoms with E-state index in [1.165, 1.54) is 0 Å². The minimum Gasteiger partial charge on any atom is -0.324 e. The Morgan fingerprint density at radius 3 is 3.00 bits per heavy atom. The molecule has 0 saturated carbocycles. The van der Waals surface area contributed by atoms with Crippen molar-refractivity contribution in [3.8, 4) is 0 Å². The summed E-state index contributed by atoms with van der Waals surface area (Å²) in [5.74, 6) is -0.0586. The molecule has 20 heavy (non-hydrogen) atoms. The van der Waals surface area contributed by atoms with E-state index in [4.69, 9.17) is 11.6 Å². The lowest BCUT2D eigenvalue weighted by molar-refractivity contribution is -0.118. The van der Waals surface area contributed by atoms with Gasteiger partial charge in [0.05, 0.1) is 6.04 Å². The second-order valence-corrected chi connectivity index (χ2v) is 5.19. The van der Waals surface area contributed by atoms with E-state index in [2.05, 4.69) is 15.6 Å². The van der Waals surface area contributed by atoms with Crippen LogP contribution in [0.5, 0.6) is 0 Å². The van der Waals surface area contributed by atoms with Crippen molar-refractivity contribution in [2.75, 3.05) is 5.32 Å². The molecule has 0 spiro atoms. The molecule has 1 aliphatic heterocycles. The van der Waals surface area contributed by atoms with Crippen LogP contribution in [0.3, 0.4) is 0 Å². The summed E-state index contributed by atoms with van der Waals surface area (Å²) < 4.78 is 0. The van der Waals surface area contributed by atoms with Crippen LogP contribution >= 0.6 is 11.6 Å². The molecule has 2 heterocycles. The summed E-state index contributed by atoms with van der Waals surface area (Å²) in [4.78, 5) is 16.5. The Morgan fingerprint density at radius 1 is 1.30 bits per heavy atom. The molecule has 0 saturated heterocycles. The highest BCUT2D eigenvalue weighted by atomic mass is 35.5. The first kappa shape index (κ1) is 13.1. The summed E-state index contributed by atoms with van der Waals surface area (Å²) in [6, 6.07) is 10.9. The van der Waals surface area contributed by atoms with Crippen LogP contribution in [0.2, 0.25) is 5.02 Å². The molecule has 2 aromatic rings. The van der Waals surface area contributed by atoms with E-state index in [1.807, 2.05) is 30.3 Å². The molecule has 1 aromatic carbocycles. The number of nitrogens with zero attached hydrogens (tertiary/aromatic N) is 1. The van der Waals surface area contributed by atoms with Gasteiger partial charge in [0, 0.05) is 35.6 Å². The highest BCUT2D eigenvalue weighted by Crippen LogP contribution is 2.23. The number of carbonyl (C=O) groups excluding carboxylic acids is 1. The van der Waals surface area contributed by atoms with E-state index in [9.17, 15) is 4.79 Å². The maximum Gasteiger partial charge on any atom is 0.241 e. The second kappa shape index (κ2) is 5.61. The van der Waals surface area contributed by atoms with Crippen molar-refractivity contribution in [2.45, 2.75) is 19.0 Å². The van der Waals surface area contributed by atoms with Crippen LogP contribution in [-0.4, -0.2) is 16.9 Å². The van der Waals surface area contributed by atoms with Gasteiger partial charge >= 0.3 is 0 Å². The van der Waals surface area contributed by atoms with Crippen molar-refractivity contribution in [1.82, 2.24) is 10.3 Å². The molecular formula is C15H14ClN3O. The van der Waals surface area contributed by atoms with Gasteiger partial charge in [0.2, 0.25) is 5.91 Å². The van der Waals surface area contributed by atoms with Gasteiger partial charge in [-0.25, -0.2) is 0 Å². The van der Waals surface area contributed by atoms with Crippen molar-refractivity contribution in [1.29, 1.82) is 0 Å². The van der Waals surface area contributed by atoms with E-state index in [0.29, 0.717) is 18.0 Å². The molecule has 2 N–H and O–H groups in total. The number of aromatic nitrogens is 1. The van der Waals surface area contributed by atoms with E-state index >= 15 is 0 Å². The lowest BCUT2D eigenvalue weighted by atomic mass is 10.1. The minimum absolute atomic E-state index is 0.0586. The summed E-state index contributed by atoms with van der Waals surface area (Å²) >= 11 is 5.96. The van der Waals surface area contributed by atoms with Crippen molar-refractivity contribution < 1.29 is 4.79 Å². The maximum absolute atomic E-state index is 12.2. The maximum atomic E-state index is 12.2. The van der Waals surface area contributed by atoms with Gasteiger partial charge in [-0.2, -0.15) is 0 Å². The van der Waals surface area contributed by atoms with Crippen LogP contribution in [0, 0.1) is 0 Å². The molecule has 1 aromatic heterocycles. The Kier molecular flexibility index (Phi) is 3.67. The molecule has 4 nitrogen and oxygen atoms in total. The average Bonchev–Trinajstić information content (AvgIpc) is 2.59. The van der Waals surface area contributed by atoms with Gasteiger partial charge in [0.25, 0.3) is 0 Å². The van der Waals surface area contributed by atoms with Gasteiger partial charge in [0.15, 0.2) is 0 Å². The SMILES string of the molecule is O=C1Nc2cc(Cl)ccc2CNC1Cc1ccccn1. The number of amides is 1. The number of pyridine rings is 1. The van der Waals surface area contributed by atoms with Crippen molar-refractivity contribution in [3.05, 3.63) is 58.9 Å². The number of fused-ring (bicyclic) bond motifs is 1. The van der Waals surface area contributed by atoms with Crippen LogP contribution in [0.1, 0.15) is 11.3 Å². The molecule has 5 heteroatoms. The number of rotatable bonds is 2. The summed E-state index contributed by atoms with van der Waals surface area (Å²) in [6.07, 6.45) is 2.30. The lowest BCUT2D eigenvalue weighted by Crippen LogP contribution is -2.39. The standard InChI is InChI=1S/C15H14ClN3O/c16-11-5-4-10-9-18-14(15(20)19-13(10)7-11)8-12-3-1-2-6-17-12/h1-7,14,18H,8-9H2,(H,19,20). The number of nitrogens with one attached hydrogen (secondary N) is 2. The van der Waals surface area contributed by atoms with Gasteiger partial charge in [-0.3, -0.25) is 9.78 Å². The van der Waals surface area contributed by atoms with E-state index in [-0.39, 0.29) is 11.9 Å². The topological polar surface area (TPSA) is 54.0 Å². The van der Waals surface area contributed by atoms with E-state index in [0.717, 1.165) is 16.9 Å². The number of anilines is 1. The first-order valence-corrected chi connectivity index (χ1v) is 6.83. The largest absolute Gasteiger partial charge is 0.324 e. The fraction of sp³-hybridized carbons (Fsp3) is 0.200. The zero-order valence-corrected chi connectivity index (χ0v) is 11.5. The van der Waals surface area contributed by atoms with Gasteiger partial charge in [0.1, 0.15) is 0 Å².